The Morgan fingerprint density at radius 1 is 1.44 bits per heavy atom. The van der Waals surface area contributed by atoms with Crippen LogP contribution in [0.25, 0.3) is 0 Å². The van der Waals surface area contributed by atoms with E-state index < -0.39 is 0 Å². The number of nitrogens with two attached hydrogens (primary N) is 1. The highest BCUT2D eigenvalue weighted by Crippen LogP contribution is 2.25. The monoisotopic (exact) mass is 266 g/mol. The zero-order valence-electron chi connectivity index (χ0n) is 10.1. The van der Waals surface area contributed by atoms with Crippen molar-refractivity contribution in [2.24, 2.45) is 5.73 Å². The van der Waals surface area contributed by atoms with Crippen LogP contribution in [0.15, 0.2) is 24.4 Å². The molecule has 0 aliphatic rings. The van der Waals surface area contributed by atoms with Gasteiger partial charge < -0.3 is 10.5 Å². The van der Waals surface area contributed by atoms with Gasteiger partial charge in [-0.15, -0.1) is 11.3 Å². The van der Waals surface area contributed by atoms with Gasteiger partial charge in [0, 0.05) is 6.20 Å². The molecule has 0 radical (unpaired) electrons. The number of halogens is 1. The summed E-state index contributed by atoms with van der Waals surface area (Å²) in [6.45, 7) is 2.74. The van der Waals surface area contributed by atoms with Crippen LogP contribution in [-0.4, -0.2) is 11.5 Å². The highest BCUT2D eigenvalue weighted by Gasteiger charge is 2.10. The van der Waals surface area contributed by atoms with Crippen LogP contribution in [0.5, 0.6) is 5.75 Å². The van der Waals surface area contributed by atoms with E-state index in [1.165, 1.54) is 6.07 Å². The molecular formula is C13H15FN2OS. The minimum atomic E-state index is -0.345. The van der Waals surface area contributed by atoms with Crippen molar-refractivity contribution in [3.05, 3.63) is 45.7 Å². The van der Waals surface area contributed by atoms with Crippen molar-refractivity contribution in [2.75, 3.05) is 6.54 Å². The van der Waals surface area contributed by atoms with Crippen molar-refractivity contribution in [3.8, 4) is 5.75 Å². The average molecular weight is 266 g/mol. The second-order valence-electron chi connectivity index (χ2n) is 3.90. The fourth-order valence-electron chi connectivity index (χ4n) is 1.68. The summed E-state index contributed by atoms with van der Waals surface area (Å²) in [6.07, 6.45) is 2.36. The molecular weight excluding hydrogens is 251 g/mol. The van der Waals surface area contributed by atoms with E-state index in [0.29, 0.717) is 25.3 Å². The molecule has 0 aliphatic heterocycles. The van der Waals surface area contributed by atoms with Gasteiger partial charge in [0.15, 0.2) is 11.6 Å². The summed E-state index contributed by atoms with van der Waals surface area (Å²) in [4.78, 5) is 5.12. The van der Waals surface area contributed by atoms with Crippen molar-refractivity contribution < 1.29 is 9.13 Å². The van der Waals surface area contributed by atoms with Gasteiger partial charge in [0.2, 0.25) is 0 Å². The number of hydrogen-bond donors (Lipinski definition) is 1. The maximum atomic E-state index is 13.7. The number of nitrogens with zero attached hydrogens (tertiary/aromatic N) is 1. The van der Waals surface area contributed by atoms with Gasteiger partial charge in [-0.05, 0) is 31.5 Å². The van der Waals surface area contributed by atoms with Crippen LogP contribution in [0, 0.1) is 12.7 Å². The van der Waals surface area contributed by atoms with Crippen molar-refractivity contribution in [3.63, 3.8) is 0 Å². The van der Waals surface area contributed by atoms with Gasteiger partial charge in [0.05, 0.1) is 9.88 Å². The molecule has 18 heavy (non-hydrogen) atoms. The van der Waals surface area contributed by atoms with Crippen LogP contribution in [-0.2, 0) is 13.0 Å². The molecule has 0 spiro atoms. The van der Waals surface area contributed by atoms with E-state index in [1.54, 1.807) is 23.6 Å². The van der Waals surface area contributed by atoms with E-state index in [0.717, 1.165) is 15.4 Å². The van der Waals surface area contributed by atoms with Gasteiger partial charge in [-0.1, -0.05) is 12.1 Å². The van der Waals surface area contributed by atoms with Crippen LogP contribution in [0.2, 0.25) is 0 Å². The Morgan fingerprint density at radius 2 is 2.28 bits per heavy atom. The standard InChI is InChI=1S/C13H15FN2OS/c1-9-16-7-11(18-9)8-17-13-10(5-6-15)3-2-4-12(13)14/h2-4,7H,5-6,8,15H2,1H3. The number of benzene rings is 1. The topological polar surface area (TPSA) is 48.1 Å². The summed E-state index contributed by atoms with van der Waals surface area (Å²) in [5, 5.41) is 0.976. The molecule has 1 aromatic carbocycles. The molecule has 0 atom stereocenters. The zero-order chi connectivity index (χ0) is 13.0. The molecule has 3 nitrogen and oxygen atoms in total. The first kappa shape index (κ1) is 13.0. The zero-order valence-corrected chi connectivity index (χ0v) is 11.0. The molecule has 2 aromatic rings. The molecule has 1 aromatic heterocycles. The lowest BCUT2D eigenvalue weighted by Gasteiger charge is -2.10. The summed E-state index contributed by atoms with van der Waals surface area (Å²) in [6, 6.07) is 4.90. The third-order valence-corrected chi connectivity index (χ3v) is 3.38. The van der Waals surface area contributed by atoms with Gasteiger partial charge in [-0.2, -0.15) is 0 Å². The van der Waals surface area contributed by atoms with Gasteiger partial charge >= 0.3 is 0 Å². The minimum absolute atomic E-state index is 0.300. The van der Waals surface area contributed by atoms with E-state index in [-0.39, 0.29) is 5.82 Å². The highest BCUT2D eigenvalue weighted by molar-refractivity contribution is 7.11. The van der Waals surface area contributed by atoms with Gasteiger partial charge in [0.1, 0.15) is 6.61 Å². The van der Waals surface area contributed by atoms with Crippen LogP contribution in [0.1, 0.15) is 15.4 Å². The number of rotatable bonds is 5. The number of ether oxygens (including phenoxy) is 1. The highest BCUT2D eigenvalue weighted by atomic mass is 32.1. The fraction of sp³-hybridized carbons (Fsp3) is 0.308. The lowest BCUT2D eigenvalue weighted by Crippen LogP contribution is -2.06. The lowest BCUT2D eigenvalue weighted by atomic mass is 10.1. The summed E-state index contributed by atoms with van der Waals surface area (Å²) >= 11 is 1.55. The second-order valence-corrected chi connectivity index (χ2v) is 5.22. The molecule has 2 rings (SSSR count). The van der Waals surface area contributed by atoms with Crippen molar-refractivity contribution >= 4 is 11.3 Å². The molecule has 5 heteroatoms. The van der Waals surface area contributed by atoms with Gasteiger partial charge in [0.25, 0.3) is 0 Å². The molecule has 0 fully saturated rings. The number of hydrogen-bond acceptors (Lipinski definition) is 4. The van der Waals surface area contributed by atoms with Gasteiger partial charge in [-0.3, -0.25) is 0 Å². The van der Waals surface area contributed by atoms with E-state index in [2.05, 4.69) is 4.98 Å². The third-order valence-electron chi connectivity index (χ3n) is 2.49. The number of para-hydroxylation sites is 1. The van der Waals surface area contributed by atoms with E-state index >= 15 is 0 Å². The normalized spacial score (nSPS) is 10.6. The Balaban J connectivity index is 2.12. The molecule has 0 aliphatic carbocycles. The van der Waals surface area contributed by atoms with Crippen molar-refractivity contribution in [2.45, 2.75) is 20.0 Å². The first-order valence-corrected chi connectivity index (χ1v) is 6.54. The first-order chi connectivity index (χ1) is 8.70. The molecule has 1 heterocycles. The largest absolute Gasteiger partial charge is 0.485 e. The van der Waals surface area contributed by atoms with Gasteiger partial charge in [-0.25, -0.2) is 9.37 Å². The minimum Gasteiger partial charge on any atom is -0.485 e. The number of aryl methyl sites for hydroxylation is 1. The molecule has 0 bridgehead atoms. The summed E-state index contributed by atoms with van der Waals surface area (Å²) in [5.41, 5.74) is 6.31. The first-order valence-electron chi connectivity index (χ1n) is 5.72. The average Bonchev–Trinajstić information content (AvgIpc) is 2.75. The lowest BCUT2D eigenvalue weighted by molar-refractivity contribution is 0.290. The van der Waals surface area contributed by atoms with Crippen LogP contribution >= 0.6 is 11.3 Å². The Morgan fingerprint density at radius 3 is 2.94 bits per heavy atom. The maximum absolute atomic E-state index is 13.7. The van der Waals surface area contributed by atoms with E-state index in [4.69, 9.17) is 10.5 Å². The summed E-state index contributed by atoms with van der Waals surface area (Å²) in [5.74, 6) is -0.0452. The molecule has 0 unspecified atom stereocenters. The third kappa shape index (κ3) is 3.05. The van der Waals surface area contributed by atoms with E-state index in [1.807, 2.05) is 13.0 Å². The van der Waals surface area contributed by atoms with E-state index in [9.17, 15) is 4.39 Å². The Hall–Kier alpha value is -1.46. The second kappa shape index (κ2) is 5.93. The Labute approximate surface area is 109 Å². The van der Waals surface area contributed by atoms with Crippen LogP contribution in [0.3, 0.4) is 0 Å². The molecule has 0 amide bonds. The van der Waals surface area contributed by atoms with Crippen molar-refractivity contribution in [1.29, 1.82) is 0 Å². The molecule has 96 valence electrons. The Bertz CT molecular complexity index is 527. The number of thiazole rings is 1. The SMILES string of the molecule is Cc1ncc(COc2c(F)cccc2CCN)s1. The fourth-order valence-corrected chi connectivity index (χ4v) is 2.39. The Kier molecular flexibility index (Phi) is 4.28. The van der Waals surface area contributed by atoms with Crippen LogP contribution < -0.4 is 10.5 Å². The predicted octanol–water partition coefficient (Wildman–Crippen LogP) is 2.67. The summed E-state index contributed by atoms with van der Waals surface area (Å²) < 4.78 is 19.3. The molecule has 0 saturated heterocycles. The predicted molar refractivity (Wildman–Crippen MR) is 70.3 cm³/mol. The quantitative estimate of drug-likeness (QED) is 0.905. The van der Waals surface area contributed by atoms with Crippen LogP contribution in [0.4, 0.5) is 4.39 Å². The van der Waals surface area contributed by atoms with Crippen molar-refractivity contribution in [1.82, 2.24) is 4.98 Å². The summed E-state index contributed by atoms with van der Waals surface area (Å²) in [7, 11) is 0. The maximum Gasteiger partial charge on any atom is 0.165 e. The smallest absolute Gasteiger partial charge is 0.165 e. The molecule has 0 saturated carbocycles. The number of aromatic nitrogens is 1. The molecule has 2 N–H and O–H groups in total.